The highest BCUT2D eigenvalue weighted by Crippen LogP contribution is 2.45. The zero-order chi connectivity index (χ0) is 11.7. The van der Waals surface area contributed by atoms with Crippen molar-refractivity contribution in [2.45, 2.75) is 6.04 Å². The third kappa shape index (κ3) is 1.42. The van der Waals surface area contributed by atoms with Gasteiger partial charge in [-0.3, -0.25) is 0 Å². The third-order valence-corrected chi connectivity index (χ3v) is 2.73. The molecule has 1 aliphatic rings. The minimum atomic E-state index is -0.148. The lowest BCUT2D eigenvalue weighted by Gasteiger charge is -2.16. The maximum absolute atomic E-state index is 5.97. The molecule has 2 N–H and O–H groups in total. The van der Waals surface area contributed by atoms with Crippen molar-refractivity contribution in [3.05, 3.63) is 23.3 Å². The maximum Gasteiger partial charge on any atom is 0.168 e. The second-order valence-corrected chi connectivity index (χ2v) is 3.53. The van der Waals surface area contributed by atoms with Crippen LogP contribution in [0.25, 0.3) is 6.08 Å². The first-order valence-electron chi connectivity index (χ1n) is 4.99. The molecule has 0 bridgehead atoms. The summed E-state index contributed by atoms with van der Waals surface area (Å²) in [5.74, 6) is 2.07. The highest BCUT2D eigenvalue weighted by atomic mass is 16.5. The lowest BCUT2D eigenvalue weighted by Crippen LogP contribution is -2.08. The predicted molar refractivity (Wildman–Crippen MR) is 62.1 cm³/mol. The smallest absolute Gasteiger partial charge is 0.168 e. The van der Waals surface area contributed by atoms with E-state index < -0.39 is 0 Å². The molecule has 0 radical (unpaired) electrons. The molecule has 0 spiro atoms. The average molecular weight is 221 g/mol. The van der Waals surface area contributed by atoms with Gasteiger partial charge in [0.25, 0.3) is 0 Å². The van der Waals surface area contributed by atoms with Crippen molar-refractivity contribution in [1.82, 2.24) is 0 Å². The summed E-state index contributed by atoms with van der Waals surface area (Å²) in [4.78, 5) is 0. The SMILES string of the molecule is COc1cc(OC)c2c(c1OC)C=CC2N. The van der Waals surface area contributed by atoms with Crippen LogP contribution in [0, 0.1) is 0 Å². The number of fused-ring (bicyclic) bond motifs is 1. The maximum atomic E-state index is 5.97. The average Bonchev–Trinajstić information content (AvgIpc) is 2.69. The predicted octanol–water partition coefficient (Wildman–Crippen LogP) is 1.74. The fourth-order valence-electron chi connectivity index (χ4n) is 1.99. The molecule has 4 heteroatoms. The van der Waals surface area contributed by atoms with Crippen LogP contribution in [0.3, 0.4) is 0 Å². The Balaban J connectivity index is 2.68. The van der Waals surface area contributed by atoms with Crippen molar-refractivity contribution in [2.75, 3.05) is 21.3 Å². The molecule has 1 atom stereocenters. The van der Waals surface area contributed by atoms with Crippen LogP contribution >= 0.6 is 0 Å². The molecular formula is C12H15NO3. The Labute approximate surface area is 94.6 Å². The van der Waals surface area contributed by atoms with Crippen LogP contribution in [0.15, 0.2) is 12.1 Å². The molecule has 1 aromatic carbocycles. The van der Waals surface area contributed by atoms with Crippen LogP contribution in [-0.2, 0) is 0 Å². The minimum absolute atomic E-state index is 0.148. The number of methoxy groups -OCH3 is 3. The largest absolute Gasteiger partial charge is 0.496 e. The Morgan fingerprint density at radius 3 is 2.31 bits per heavy atom. The molecule has 2 rings (SSSR count). The van der Waals surface area contributed by atoms with E-state index in [9.17, 15) is 0 Å². The Morgan fingerprint density at radius 2 is 1.75 bits per heavy atom. The summed E-state index contributed by atoms with van der Waals surface area (Å²) in [5, 5.41) is 0. The molecule has 0 heterocycles. The number of rotatable bonds is 3. The zero-order valence-corrected chi connectivity index (χ0v) is 9.61. The van der Waals surface area contributed by atoms with Crippen molar-refractivity contribution >= 4 is 6.08 Å². The first-order valence-corrected chi connectivity index (χ1v) is 4.99. The summed E-state index contributed by atoms with van der Waals surface area (Å²) in [7, 11) is 4.83. The summed E-state index contributed by atoms with van der Waals surface area (Å²) in [6.45, 7) is 0. The molecule has 1 aromatic rings. The molecule has 0 aromatic heterocycles. The monoisotopic (exact) mass is 221 g/mol. The van der Waals surface area contributed by atoms with Crippen LogP contribution in [0.4, 0.5) is 0 Å². The van der Waals surface area contributed by atoms with E-state index in [0.717, 1.165) is 16.9 Å². The van der Waals surface area contributed by atoms with E-state index >= 15 is 0 Å². The zero-order valence-electron chi connectivity index (χ0n) is 9.61. The Morgan fingerprint density at radius 1 is 1.06 bits per heavy atom. The van der Waals surface area contributed by atoms with Gasteiger partial charge < -0.3 is 19.9 Å². The topological polar surface area (TPSA) is 53.7 Å². The second kappa shape index (κ2) is 4.06. The molecule has 86 valence electrons. The quantitative estimate of drug-likeness (QED) is 0.844. The van der Waals surface area contributed by atoms with Gasteiger partial charge in [0.2, 0.25) is 0 Å². The standard InChI is InChI=1S/C12H15NO3/c1-14-9-6-10(15-2)12(16-3)7-4-5-8(13)11(7)9/h4-6,8H,13H2,1-3H3. The molecule has 0 saturated carbocycles. The van der Waals surface area contributed by atoms with Gasteiger partial charge in [0.05, 0.1) is 27.4 Å². The normalized spacial score (nSPS) is 17.1. The van der Waals surface area contributed by atoms with Crippen LogP contribution in [0.5, 0.6) is 17.2 Å². The van der Waals surface area contributed by atoms with Gasteiger partial charge in [-0.2, -0.15) is 0 Å². The van der Waals surface area contributed by atoms with Crippen LogP contribution in [0.2, 0.25) is 0 Å². The minimum Gasteiger partial charge on any atom is -0.496 e. The highest BCUT2D eigenvalue weighted by molar-refractivity contribution is 5.74. The van der Waals surface area contributed by atoms with Gasteiger partial charge in [-0.05, 0) is 0 Å². The Hall–Kier alpha value is -1.68. The lowest BCUT2D eigenvalue weighted by molar-refractivity contribution is 0.347. The molecule has 0 aliphatic heterocycles. The molecule has 4 nitrogen and oxygen atoms in total. The summed E-state index contributed by atoms with van der Waals surface area (Å²) in [6, 6.07) is 1.65. The second-order valence-electron chi connectivity index (χ2n) is 3.53. The van der Waals surface area contributed by atoms with E-state index in [1.807, 2.05) is 12.2 Å². The van der Waals surface area contributed by atoms with Gasteiger partial charge in [0.15, 0.2) is 11.5 Å². The summed E-state index contributed by atoms with van der Waals surface area (Å²) < 4.78 is 15.9. The number of ether oxygens (including phenoxy) is 3. The van der Waals surface area contributed by atoms with E-state index in [1.54, 1.807) is 27.4 Å². The van der Waals surface area contributed by atoms with E-state index in [2.05, 4.69) is 0 Å². The molecule has 1 unspecified atom stereocenters. The molecular weight excluding hydrogens is 206 g/mol. The molecule has 0 saturated heterocycles. The van der Waals surface area contributed by atoms with Crippen molar-refractivity contribution in [1.29, 1.82) is 0 Å². The highest BCUT2D eigenvalue weighted by Gasteiger charge is 2.25. The number of benzene rings is 1. The van der Waals surface area contributed by atoms with Gasteiger partial charge in [0.1, 0.15) is 5.75 Å². The summed E-state index contributed by atoms with van der Waals surface area (Å²) >= 11 is 0. The Bertz CT molecular complexity index is 440. The van der Waals surface area contributed by atoms with Gasteiger partial charge in [-0.1, -0.05) is 12.2 Å². The van der Waals surface area contributed by atoms with Gasteiger partial charge >= 0.3 is 0 Å². The lowest BCUT2D eigenvalue weighted by atomic mass is 10.0. The van der Waals surface area contributed by atoms with Crippen molar-refractivity contribution in [3.8, 4) is 17.2 Å². The van der Waals surface area contributed by atoms with E-state index in [0.29, 0.717) is 11.5 Å². The molecule has 1 aliphatic carbocycles. The number of nitrogens with two attached hydrogens (primary N) is 1. The number of hydrogen-bond acceptors (Lipinski definition) is 4. The van der Waals surface area contributed by atoms with Crippen LogP contribution < -0.4 is 19.9 Å². The summed E-state index contributed by atoms with van der Waals surface area (Å²) in [5.41, 5.74) is 7.86. The van der Waals surface area contributed by atoms with Crippen molar-refractivity contribution in [3.63, 3.8) is 0 Å². The first-order chi connectivity index (χ1) is 7.72. The first kappa shape index (κ1) is 10.8. The fraction of sp³-hybridized carbons (Fsp3) is 0.333. The van der Waals surface area contributed by atoms with Crippen LogP contribution in [0.1, 0.15) is 17.2 Å². The Kier molecular flexibility index (Phi) is 2.75. The van der Waals surface area contributed by atoms with Gasteiger partial charge in [0, 0.05) is 17.2 Å². The fourth-order valence-corrected chi connectivity index (χ4v) is 1.99. The van der Waals surface area contributed by atoms with Crippen molar-refractivity contribution < 1.29 is 14.2 Å². The molecule has 0 fully saturated rings. The molecule has 0 amide bonds. The van der Waals surface area contributed by atoms with E-state index in [4.69, 9.17) is 19.9 Å². The van der Waals surface area contributed by atoms with E-state index in [-0.39, 0.29) is 6.04 Å². The van der Waals surface area contributed by atoms with Gasteiger partial charge in [-0.25, -0.2) is 0 Å². The van der Waals surface area contributed by atoms with E-state index in [1.165, 1.54) is 0 Å². The van der Waals surface area contributed by atoms with Crippen LogP contribution in [-0.4, -0.2) is 21.3 Å². The van der Waals surface area contributed by atoms with Gasteiger partial charge in [-0.15, -0.1) is 0 Å². The summed E-state index contributed by atoms with van der Waals surface area (Å²) in [6.07, 6.45) is 3.85. The molecule has 16 heavy (non-hydrogen) atoms. The van der Waals surface area contributed by atoms with Crippen molar-refractivity contribution in [2.24, 2.45) is 5.73 Å². The third-order valence-electron chi connectivity index (χ3n) is 2.73. The number of hydrogen-bond donors (Lipinski definition) is 1.